The van der Waals surface area contributed by atoms with Crippen LogP contribution in [-0.4, -0.2) is 38.9 Å². The number of aromatic nitrogens is 3. The molecule has 11 heteroatoms. The highest BCUT2D eigenvalue weighted by Gasteiger charge is 2.05. The van der Waals surface area contributed by atoms with Gasteiger partial charge in [0.05, 0.1) is 24.4 Å². The fourth-order valence-electron chi connectivity index (χ4n) is 2.98. The van der Waals surface area contributed by atoms with E-state index in [1.54, 1.807) is 54.6 Å². The predicted molar refractivity (Wildman–Crippen MR) is 157 cm³/mol. The summed E-state index contributed by atoms with van der Waals surface area (Å²) in [5.74, 6) is 1.75. The molecule has 3 aromatic carbocycles. The summed E-state index contributed by atoms with van der Waals surface area (Å²) in [6, 6.07) is 21.1. The number of nitrogens with zero attached hydrogens (tertiary/aromatic N) is 3. The van der Waals surface area contributed by atoms with Crippen molar-refractivity contribution >= 4 is 46.4 Å². The minimum atomic E-state index is 0.0227. The van der Waals surface area contributed by atoms with E-state index in [0.717, 1.165) is 6.42 Å². The Morgan fingerprint density at radius 3 is 1.82 bits per heavy atom. The number of benzene rings is 3. The van der Waals surface area contributed by atoms with E-state index in [1.807, 2.05) is 18.2 Å². The molecule has 0 bridgehead atoms. The summed E-state index contributed by atoms with van der Waals surface area (Å²) in [5.41, 5.74) is 0.669. The van der Waals surface area contributed by atoms with E-state index in [1.165, 1.54) is 26.4 Å². The number of para-hydroxylation sites is 5. The molecule has 0 saturated heterocycles. The summed E-state index contributed by atoms with van der Waals surface area (Å²) >= 11 is 17.2. The molecule has 1 heterocycles. The summed E-state index contributed by atoms with van der Waals surface area (Å²) in [4.78, 5) is 11.4. The van der Waals surface area contributed by atoms with E-state index < -0.39 is 0 Å². The number of rotatable bonds is 9. The van der Waals surface area contributed by atoms with Gasteiger partial charge in [0.25, 0.3) is 0 Å². The van der Waals surface area contributed by atoms with E-state index in [9.17, 15) is 5.11 Å². The molecule has 0 atom stereocenters. The Balaban J connectivity index is 0.000000213. The van der Waals surface area contributed by atoms with E-state index in [-0.39, 0.29) is 28.0 Å². The van der Waals surface area contributed by atoms with E-state index in [2.05, 4.69) is 27.2 Å². The normalized spacial score (nSPS) is 9.87. The van der Waals surface area contributed by atoms with Crippen LogP contribution in [0.15, 0.2) is 72.8 Å². The molecule has 0 aliphatic heterocycles. The monoisotopic (exact) mass is 592 g/mol. The molecule has 0 spiro atoms. The number of phenolic OH excluding ortho intramolecular Hbond substituents is 2. The first kappa shape index (κ1) is 31.8. The minimum Gasteiger partial charge on any atom is -0.504 e. The van der Waals surface area contributed by atoms with E-state index >= 15 is 0 Å². The Morgan fingerprint density at radius 1 is 0.718 bits per heavy atom. The van der Waals surface area contributed by atoms with Gasteiger partial charge in [0.2, 0.25) is 16.5 Å². The molecule has 8 nitrogen and oxygen atoms in total. The van der Waals surface area contributed by atoms with Gasteiger partial charge in [-0.25, -0.2) is 0 Å². The first-order chi connectivity index (χ1) is 18.8. The average molecular weight is 594 g/mol. The smallest absolute Gasteiger partial charge is 0.232 e. The zero-order valence-corrected chi connectivity index (χ0v) is 23.9. The Morgan fingerprint density at radius 2 is 1.28 bits per heavy atom. The van der Waals surface area contributed by atoms with Gasteiger partial charge in [0, 0.05) is 0 Å². The Labute approximate surface area is 243 Å². The third-order valence-corrected chi connectivity index (χ3v) is 5.57. The topological polar surface area (TPSA) is 110 Å². The fraction of sp³-hybridized carbons (Fsp3) is 0.250. The van der Waals surface area contributed by atoms with Gasteiger partial charge in [-0.2, -0.15) is 15.0 Å². The van der Waals surface area contributed by atoms with Crippen molar-refractivity contribution in [2.75, 3.05) is 19.0 Å². The van der Waals surface area contributed by atoms with Gasteiger partial charge in [-0.15, -0.1) is 0 Å². The fourth-order valence-corrected chi connectivity index (χ4v) is 3.53. The molecule has 1 aromatic heterocycles. The van der Waals surface area contributed by atoms with Crippen molar-refractivity contribution in [2.24, 2.45) is 0 Å². The molecule has 0 fully saturated rings. The SMILES string of the molecule is CCCCCCOc1ccccc1O.COc1ccccc1O.Clc1nc(Cl)nc(Nc2ccccc2Cl)n1. The van der Waals surface area contributed by atoms with Crippen molar-refractivity contribution in [3.8, 4) is 23.0 Å². The summed E-state index contributed by atoms with van der Waals surface area (Å²) in [5, 5.41) is 21.9. The minimum absolute atomic E-state index is 0.0227. The van der Waals surface area contributed by atoms with Crippen LogP contribution in [0.25, 0.3) is 0 Å². The zero-order chi connectivity index (χ0) is 28.5. The number of methoxy groups -OCH3 is 1. The van der Waals surface area contributed by atoms with Crippen molar-refractivity contribution in [1.29, 1.82) is 0 Å². The molecule has 208 valence electrons. The van der Waals surface area contributed by atoms with Crippen LogP contribution in [0.1, 0.15) is 32.6 Å². The maximum atomic E-state index is 9.39. The lowest BCUT2D eigenvalue weighted by atomic mass is 10.2. The first-order valence-corrected chi connectivity index (χ1v) is 13.3. The Bertz CT molecular complexity index is 1260. The first-order valence-electron chi connectivity index (χ1n) is 12.2. The molecule has 39 heavy (non-hydrogen) atoms. The van der Waals surface area contributed by atoms with E-state index in [4.69, 9.17) is 49.4 Å². The van der Waals surface area contributed by atoms with E-state index in [0.29, 0.717) is 28.8 Å². The summed E-state index contributed by atoms with van der Waals surface area (Å²) in [6.07, 6.45) is 4.74. The predicted octanol–water partition coefficient (Wildman–Crippen LogP) is 8.33. The summed E-state index contributed by atoms with van der Waals surface area (Å²) in [7, 11) is 1.52. The maximum Gasteiger partial charge on any atom is 0.232 e. The van der Waals surface area contributed by atoms with Crippen LogP contribution in [0.3, 0.4) is 0 Å². The molecule has 0 unspecified atom stereocenters. The molecule has 0 aliphatic rings. The highest BCUT2D eigenvalue weighted by Crippen LogP contribution is 2.25. The molecule has 0 aliphatic carbocycles. The second-order valence-electron chi connectivity index (χ2n) is 7.85. The number of ether oxygens (including phenoxy) is 2. The number of phenols is 2. The quantitative estimate of drug-likeness (QED) is 0.166. The van der Waals surface area contributed by atoms with Crippen molar-refractivity contribution in [3.05, 3.63) is 88.4 Å². The van der Waals surface area contributed by atoms with Crippen LogP contribution in [0.2, 0.25) is 15.6 Å². The Kier molecular flexibility index (Phi) is 14.6. The molecule has 0 radical (unpaired) electrons. The number of aromatic hydroxyl groups is 2. The summed E-state index contributed by atoms with van der Waals surface area (Å²) < 4.78 is 10.2. The van der Waals surface area contributed by atoms with Gasteiger partial charge >= 0.3 is 0 Å². The maximum absolute atomic E-state index is 9.39. The molecule has 4 rings (SSSR count). The second kappa shape index (κ2) is 17.9. The van der Waals surface area contributed by atoms with Crippen molar-refractivity contribution in [3.63, 3.8) is 0 Å². The largest absolute Gasteiger partial charge is 0.504 e. The van der Waals surface area contributed by atoms with Gasteiger partial charge in [0.1, 0.15) is 0 Å². The molecule has 4 aromatic rings. The number of nitrogens with one attached hydrogen (secondary N) is 1. The second-order valence-corrected chi connectivity index (χ2v) is 8.93. The number of unbranched alkanes of at least 4 members (excludes halogenated alkanes) is 3. The van der Waals surface area contributed by atoms with Crippen molar-refractivity contribution in [2.45, 2.75) is 32.6 Å². The highest BCUT2D eigenvalue weighted by atomic mass is 35.5. The number of hydrogen-bond donors (Lipinski definition) is 3. The molecular formula is C28H31Cl3N4O4. The molecular weight excluding hydrogens is 563 g/mol. The van der Waals surface area contributed by atoms with Crippen LogP contribution in [0.5, 0.6) is 23.0 Å². The number of hydrogen-bond acceptors (Lipinski definition) is 8. The van der Waals surface area contributed by atoms with Crippen LogP contribution >= 0.6 is 34.8 Å². The zero-order valence-electron chi connectivity index (χ0n) is 21.7. The van der Waals surface area contributed by atoms with Crippen LogP contribution in [0.4, 0.5) is 11.6 Å². The lowest BCUT2D eigenvalue weighted by molar-refractivity contribution is 0.289. The average Bonchev–Trinajstić information content (AvgIpc) is 2.91. The van der Waals surface area contributed by atoms with Gasteiger partial charge in [-0.3, -0.25) is 0 Å². The number of halogens is 3. The third-order valence-electron chi connectivity index (χ3n) is 4.91. The lowest BCUT2D eigenvalue weighted by Crippen LogP contribution is -1.99. The van der Waals surface area contributed by atoms with Crippen LogP contribution < -0.4 is 14.8 Å². The summed E-state index contributed by atoms with van der Waals surface area (Å²) in [6.45, 7) is 2.88. The Hall–Kier alpha value is -3.46. The molecule has 3 N–H and O–H groups in total. The van der Waals surface area contributed by atoms with Crippen LogP contribution in [0, 0.1) is 0 Å². The van der Waals surface area contributed by atoms with Crippen molar-refractivity contribution in [1.82, 2.24) is 15.0 Å². The standard InChI is InChI=1S/C12H18O2.C9H5Cl3N4.C7H8O2/c1-2-3-4-7-10-14-12-9-6-5-8-11(12)13;10-5-3-1-2-4-6(5)13-9-15-7(11)14-8(12)16-9;1-9-7-5-3-2-4-6(7)8/h5-6,8-9,13H,2-4,7,10H2,1H3;1-4H,(H,13,14,15,16);2-5,8H,1H3. The van der Waals surface area contributed by atoms with Crippen LogP contribution in [-0.2, 0) is 0 Å². The van der Waals surface area contributed by atoms with Gasteiger partial charge in [-0.1, -0.05) is 74.2 Å². The molecule has 0 amide bonds. The molecule has 0 saturated carbocycles. The van der Waals surface area contributed by atoms with Gasteiger partial charge < -0.3 is 25.0 Å². The van der Waals surface area contributed by atoms with Crippen molar-refractivity contribution < 1.29 is 19.7 Å². The third kappa shape index (κ3) is 12.3. The van der Waals surface area contributed by atoms with Gasteiger partial charge in [-0.05, 0) is 66.0 Å². The van der Waals surface area contributed by atoms with Gasteiger partial charge in [0.15, 0.2) is 23.0 Å². The highest BCUT2D eigenvalue weighted by molar-refractivity contribution is 6.33. The lowest BCUT2D eigenvalue weighted by Gasteiger charge is -2.06. The number of anilines is 2.